The van der Waals surface area contributed by atoms with Crippen molar-refractivity contribution in [2.75, 3.05) is 47.1 Å². The zero-order valence-electron chi connectivity index (χ0n) is 15.4. The Balaban J connectivity index is 0.00000576. The Morgan fingerprint density at radius 3 is 2.64 bits per heavy atom. The number of methoxy groups -OCH3 is 1. The minimum Gasteiger partial charge on any atom is -0.478 e. The predicted octanol–water partition coefficient (Wildman–Crippen LogP) is 2.21. The molecular formula is C17H31IN4O3. The number of hydrogen-bond acceptors (Lipinski definition) is 5. The van der Waals surface area contributed by atoms with Crippen LogP contribution >= 0.6 is 24.0 Å². The van der Waals surface area contributed by atoms with Crippen molar-refractivity contribution in [3.63, 3.8) is 0 Å². The van der Waals surface area contributed by atoms with Crippen LogP contribution in [0.5, 0.6) is 5.88 Å². The normalized spacial score (nSPS) is 10.9. The van der Waals surface area contributed by atoms with Crippen LogP contribution < -0.4 is 15.4 Å². The summed E-state index contributed by atoms with van der Waals surface area (Å²) in [5.41, 5.74) is 1.07. The Morgan fingerprint density at radius 1 is 1.16 bits per heavy atom. The molecule has 1 rings (SSSR count). The topological polar surface area (TPSA) is 77.0 Å². The third kappa shape index (κ3) is 12.0. The Kier molecular flexibility index (Phi) is 15.6. The molecule has 0 saturated heterocycles. The molecule has 0 fully saturated rings. The van der Waals surface area contributed by atoms with Crippen LogP contribution in [0.1, 0.15) is 25.3 Å². The van der Waals surface area contributed by atoms with Gasteiger partial charge in [-0.25, -0.2) is 4.98 Å². The number of aromatic nitrogens is 1. The number of nitrogens with one attached hydrogen (secondary N) is 2. The summed E-state index contributed by atoms with van der Waals surface area (Å²) in [4.78, 5) is 8.48. The average Bonchev–Trinajstić information content (AvgIpc) is 2.62. The van der Waals surface area contributed by atoms with Crippen molar-refractivity contribution in [3.8, 4) is 5.88 Å². The van der Waals surface area contributed by atoms with Crippen LogP contribution in [0.3, 0.4) is 0 Å². The zero-order chi connectivity index (χ0) is 17.5. The maximum atomic E-state index is 5.47. The van der Waals surface area contributed by atoms with Crippen LogP contribution in [-0.4, -0.2) is 58.1 Å². The number of guanidine groups is 1. The summed E-state index contributed by atoms with van der Waals surface area (Å²) in [7, 11) is 3.42. The Morgan fingerprint density at radius 2 is 2.00 bits per heavy atom. The molecule has 8 heteroatoms. The summed E-state index contributed by atoms with van der Waals surface area (Å²) < 4.78 is 15.8. The van der Waals surface area contributed by atoms with Crippen LogP contribution in [-0.2, 0) is 16.0 Å². The van der Waals surface area contributed by atoms with Gasteiger partial charge in [0, 0.05) is 46.1 Å². The smallest absolute Gasteiger partial charge is 0.213 e. The lowest BCUT2D eigenvalue weighted by molar-refractivity contribution is 0.0698. The summed E-state index contributed by atoms with van der Waals surface area (Å²) >= 11 is 0. The number of nitrogens with zero attached hydrogens (tertiary/aromatic N) is 2. The predicted molar refractivity (Wildman–Crippen MR) is 111 cm³/mol. The van der Waals surface area contributed by atoms with E-state index < -0.39 is 0 Å². The fourth-order valence-electron chi connectivity index (χ4n) is 1.84. The maximum Gasteiger partial charge on any atom is 0.213 e. The lowest BCUT2D eigenvalue weighted by atomic mass is 10.3. The summed E-state index contributed by atoms with van der Waals surface area (Å²) in [6.07, 6.45) is 3.70. The van der Waals surface area contributed by atoms with E-state index in [1.54, 1.807) is 14.2 Å². The van der Waals surface area contributed by atoms with Gasteiger partial charge in [-0.05, 0) is 18.4 Å². The third-order valence-corrected chi connectivity index (χ3v) is 3.12. The van der Waals surface area contributed by atoms with E-state index in [0.717, 1.165) is 30.9 Å². The van der Waals surface area contributed by atoms with Crippen molar-refractivity contribution in [1.82, 2.24) is 15.6 Å². The Bertz CT molecular complexity index is 458. The monoisotopic (exact) mass is 466 g/mol. The molecule has 0 radical (unpaired) electrons. The second kappa shape index (κ2) is 16.3. The molecule has 0 aliphatic carbocycles. The molecule has 0 aromatic carbocycles. The highest BCUT2D eigenvalue weighted by Crippen LogP contribution is 2.07. The molecule has 1 aromatic heterocycles. The lowest BCUT2D eigenvalue weighted by Gasteiger charge is -2.12. The molecular weight excluding hydrogens is 435 g/mol. The van der Waals surface area contributed by atoms with E-state index in [4.69, 9.17) is 14.2 Å². The molecule has 2 N–H and O–H groups in total. The van der Waals surface area contributed by atoms with Gasteiger partial charge in [0.2, 0.25) is 5.88 Å². The van der Waals surface area contributed by atoms with Gasteiger partial charge in [0.25, 0.3) is 0 Å². The standard InChI is InChI=1S/C17H30N4O3.HI/c1-4-9-24-16-7-6-15(13-20-16)14-21-17(18-2)19-8-5-10-23-12-11-22-3;/h6-7,13H,4-5,8-12,14H2,1-3H3,(H2,18,19,21);1H. The van der Waals surface area contributed by atoms with Crippen molar-refractivity contribution >= 4 is 29.9 Å². The van der Waals surface area contributed by atoms with Gasteiger partial charge in [0.1, 0.15) is 0 Å². The molecule has 0 unspecified atom stereocenters. The molecule has 144 valence electrons. The van der Waals surface area contributed by atoms with E-state index in [-0.39, 0.29) is 24.0 Å². The molecule has 1 heterocycles. The van der Waals surface area contributed by atoms with E-state index in [1.807, 2.05) is 18.3 Å². The first kappa shape index (κ1) is 23.9. The SMILES string of the molecule is CCCOc1ccc(CNC(=NC)NCCCOCCOC)cn1.I. The summed E-state index contributed by atoms with van der Waals surface area (Å²) in [6, 6.07) is 3.89. The van der Waals surface area contributed by atoms with Crippen LogP contribution in [0.4, 0.5) is 0 Å². The number of hydrogen-bond donors (Lipinski definition) is 2. The number of rotatable bonds is 12. The van der Waals surface area contributed by atoms with Crippen molar-refractivity contribution in [2.45, 2.75) is 26.3 Å². The number of pyridine rings is 1. The average molecular weight is 466 g/mol. The molecule has 0 aliphatic rings. The summed E-state index contributed by atoms with van der Waals surface area (Å²) in [5, 5.41) is 6.51. The maximum absolute atomic E-state index is 5.47. The Labute approximate surface area is 168 Å². The van der Waals surface area contributed by atoms with Crippen LogP contribution in [0.2, 0.25) is 0 Å². The molecule has 0 atom stereocenters. The van der Waals surface area contributed by atoms with Gasteiger partial charge in [0.05, 0.1) is 19.8 Å². The van der Waals surface area contributed by atoms with Gasteiger partial charge < -0.3 is 24.8 Å². The zero-order valence-corrected chi connectivity index (χ0v) is 17.7. The molecule has 0 aliphatic heterocycles. The summed E-state index contributed by atoms with van der Waals surface area (Å²) in [5.74, 6) is 1.43. The number of ether oxygens (including phenoxy) is 3. The van der Waals surface area contributed by atoms with E-state index in [9.17, 15) is 0 Å². The lowest BCUT2D eigenvalue weighted by Crippen LogP contribution is -2.37. The fourth-order valence-corrected chi connectivity index (χ4v) is 1.84. The molecule has 7 nitrogen and oxygen atoms in total. The van der Waals surface area contributed by atoms with Crippen molar-refractivity contribution in [3.05, 3.63) is 23.9 Å². The third-order valence-electron chi connectivity index (χ3n) is 3.12. The largest absolute Gasteiger partial charge is 0.478 e. The minimum atomic E-state index is 0. The van der Waals surface area contributed by atoms with Crippen molar-refractivity contribution in [2.24, 2.45) is 4.99 Å². The minimum absolute atomic E-state index is 0. The molecule has 0 amide bonds. The number of halogens is 1. The van der Waals surface area contributed by atoms with E-state index >= 15 is 0 Å². The van der Waals surface area contributed by atoms with Crippen LogP contribution in [0.15, 0.2) is 23.3 Å². The number of aliphatic imine (C=N–C) groups is 1. The highest BCUT2D eigenvalue weighted by atomic mass is 127. The molecule has 25 heavy (non-hydrogen) atoms. The van der Waals surface area contributed by atoms with E-state index in [1.165, 1.54) is 0 Å². The van der Waals surface area contributed by atoms with Crippen LogP contribution in [0.25, 0.3) is 0 Å². The first-order chi connectivity index (χ1) is 11.8. The first-order valence-corrected chi connectivity index (χ1v) is 8.39. The van der Waals surface area contributed by atoms with Gasteiger partial charge in [-0.2, -0.15) is 0 Å². The highest BCUT2D eigenvalue weighted by Gasteiger charge is 2.00. The Hall–Kier alpha value is -1.13. The van der Waals surface area contributed by atoms with Gasteiger partial charge in [0.15, 0.2) is 5.96 Å². The van der Waals surface area contributed by atoms with Gasteiger partial charge in [-0.1, -0.05) is 13.0 Å². The second-order valence-electron chi connectivity index (χ2n) is 5.16. The molecule has 0 saturated carbocycles. The quantitative estimate of drug-likeness (QED) is 0.213. The first-order valence-electron chi connectivity index (χ1n) is 8.39. The fraction of sp³-hybridized carbons (Fsp3) is 0.647. The summed E-state index contributed by atoms with van der Waals surface area (Å²) in [6.45, 7) is 6.19. The second-order valence-corrected chi connectivity index (χ2v) is 5.16. The van der Waals surface area contributed by atoms with Gasteiger partial charge in [-0.3, -0.25) is 4.99 Å². The van der Waals surface area contributed by atoms with Crippen LogP contribution in [0, 0.1) is 0 Å². The van der Waals surface area contributed by atoms with Crippen molar-refractivity contribution in [1.29, 1.82) is 0 Å². The molecule has 0 bridgehead atoms. The van der Waals surface area contributed by atoms with E-state index in [2.05, 4.69) is 27.5 Å². The van der Waals surface area contributed by atoms with Crippen molar-refractivity contribution < 1.29 is 14.2 Å². The highest BCUT2D eigenvalue weighted by molar-refractivity contribution is 14.0. The van der Waals surface area contributed by atoms with Gasteiger partial charge in [-0.15, -0.1) is 24.0 Å². The molecule has 0 spiro atoms. The van der Waals surface area contributed by atoms with Gasteiger partial charge >= 0.3 is 0 Å². The van der Waals surface area contributed by atoms with E-state index in [0.29, 0.717) is 38.9 Å². The molecule has 1 aromatic rings.